The number of fused-ring (bicyclic) bond motifs is 8. The summed E-state index contributed by atoms with van der Waals surface area (Å²) in [6, 6.07) is 40.4. The summed E-state index contributed by atoms with van der Waals surface area (Å²) in [5.74, 6) is 3.61. The number of hydrogen-bond donors (Lipinski definition) is 1. The molecule has 5 heterocycles. The Balaban J connectivity index is 0.00000348. The Labute approximate surface area is 298 Å². The molecule has 0 saturated heterocycles. The van der Waals surface area contributed by atoms with Crippen LogP contribution in [-0.2, 0) is 21.1 Å². The van der Waals surface area contributed by atoms with Crippen molar-refractivity contribution >= 4 is 49.8 Å². The minimum atomic E-state index is 0. The largest absolute Gasteiger partial charge is 2.00 e. The zero-order valence-corrected chi connectivity index (χ0v) is 29.8. The third-order valence-electron chi connectivity index (χ3n) is 9.23. The van der Waals surface area contributed by atoms with E-state index in [1.54, 1.807) is 0 Å². The van der Waals surface area contributed by atoms with Gasteiger partial charge in [-0.25, -0.2) is 19.5 Å². The maximum atomic E-state index is 6.56. The molecule has 0 amide bonds. The Morgan fingerprint density at radius 2 is 1.41 bits per heavy atom. The molecule has 0 aliphatic heterocycles. The van der Waals surface area contributed by atoms with E-state index in [9.17, 15) is 0 Å². The number of aromatic amines is 1. The van der Waals surface area contributed by atoms with E-state index in [1.807, 2.05) is 48.8 Å². The standard InChI is InChI=1S/C41H32N6O.Pt/c1-25(2)29-12-9-13-30(26(3)4)39(29)46-35-20-18-28(24-37(35)47-40-33(44-41(46)47)14-10-22-43-40)48-27-17-19-32-31-11-5-6-15-34(31)45(36(32)23-27)38-16-7-8-21-42-38;/h5-22,25-26H,1-4H3;/q-2;+2/p+1. The molecule has 8 heteroatoms. The average Bonchev–Trinajstić information content (AvgIpc) is 3.74. The van der Waals surface area contributed by atoms with Crippen LogP contribution in [-0.4, -0.2) is 23.9 Å². The van der Waals surface area contributed by atoms with Gasteiger partial charge in [0.2, 0.25) is 5.65 Å². The van der Waals surface area contributed by atoms with Gasteiger partial charge in [-0.3, -0.25) is 0 Å². The van der Waals surface area contributed by atoms with E-state index in [2.05, 4.69) is 124 Å². The number of hydrogen-bond acceptors (Lipinski definition) is 3. The fourth-order valence-corrected chi connectivity index (χ4v) is 7.07. The SMILES string of the molecule is CC(C)c1cccc(C(C)C)c1-[n+]1c2ccc(Oc3[c-]c4c(cc3)c3ccccc3n4-c3ccccn3)[c-]c2n2c3ncccc3[nH]c21.[Pt+2]. The van der Waals surface area contributed by atoms with Gasteiger partial charge in [0.1, 0.15) is 11.5 Å². The van der Waals surface area contributed by atoms with Gasteiger partial charge >= 0.3 is 26.8 Å². The number of pyridine rings is 2. The van der Waals surface area contributed by atoms with Gasteiger partial charge in [0.05, 0.1) is 0 Å². The number of H-pyrrole nitrogens is 1. The number of aromatic nitrogens is 6. The number of nitrogens with zero attached hydrogens (tertiary/aromatic N) is 5. The number of imidazole rings is 2. The third kappa shape index (κ3) is 4.87. The van der Waals surface area contributed by atoms with Crippen LogP contribution in [0.2, 0.25) is 0 Å². The van der Waals surface area contributed by atoms with Crippen LogP contribution in [0.1, 0.15) is 50.7 Å². The molecule has 9 rings (SSSR count). The minimum absolute atomic E-state index is 0. The first-order valence-electron chi connectivity index (χ1n) is 16.4. The maximum Gasteiger partial charge on any atom is 2.00 e. The van der Waals surface area contributed by atoms with Gasteiger partial charge in [-0.2, -0.15) is 10.5 Å². The first-order chi connectivity index (χ1) is 23.5. The van der Waals surface area contributed by atoms with Gasteiger partial charge in [0, 0.05) is 40.4 Å². The van der Waals surface area contributed by atoms with Gasteiger partial charge in [-0.15, -0.1) is 29.7 Å². The molecule has 0 radical (unpaired) electrons. The van der Waals surface area contributed by atoms with Crippen molar-refractivity contribution in [2.24, 2.45) is 0 Å². The number of nitrogens with one attached hydrogen (secondary N) is 1. The molecular weight excluding hydrogens is 788 g/mol. The molecule has 9 aromatic rings. The van der Waals surface area contributed by atoms with Crippen molar-refractivity contribution < 1.29 is 30.4 Å². The quantitative estimate of drug-likeness (QED) is 0.134. The smallest absolute Gasteiger partial charge is 0.509 e. The van der Waals surface area contributed by atoms with Crippen LogP contribution in [0.15, 0.2) is 109 Å². The molecular formula is C41H33N6OPt+. The summed E-state index contributed by atoms with van der Waals surface area (Å²) in [5, 5.41) is 2.23. The van der Waals surface area contributed by atoms with Crippen LogP contribution in [0.4, 0.5) is 0 Å². The number of rotatable bonds is 6. The fraction of sp³-hybridized carbons (Fsp3) is 0.146. The molecule has 0 bridgehead atoms. The summed E-state index contributed by atoms with van der Waals surface area (Å²) >= 11 is 0. The van der Waals surface area contributed by atoms with Crippen molar-refractivity contribution in [3.63, 3.8) is 0 Å². The minimum Gasteiger partial charge on any atom is -0.509 e. The van der Waals surface area contributed by atoms with E-state index < -0.39 is 0 Å². The fourth-order valence-electron chi connectivity index (χ4n) is 7.07. The van der Waals surface area contributed by atoms with E-state index in [0.29, 0.717) is 23.3 Å². The molecule has 242 valence electrons. The molecule has 49 heavy (non-hydrogen) atoms. The van der Waals surface area contributed by atoms with Crippen molar-refractivity contribution in [3.8, 4) is 23.0 Å². The second-order valence-electron chi connectivity index (χ2n) is 12.9. The van der Waals surface area contributed by atoms with Gasteiger partial charge in [0.25, 0.3) is 0 Å². The molecule has 0 saturated carbocycles. The van der Waals surface area contributed by atoms with Gasteiger partial charge in [-0.1, -0.05) is 81.7 Å². The topological polar surface area (TPSA) is 64.0 Å². The van der Waals surface area contributed by atoms with Gasteiger partial charge in [-0.05, 0) is 58.7 Å². The van der Waals surface area contributed by atoms with Crippen LogP contribution in [0.3, 0.4) is 0 Å². The third-order valence-corrected chi connectivity index (χ3v) is 9.23. The maximum absolute atomic E-state index is 6.56. The predicted molar refractivity (Wildman–Crippen MR) is 191 cm³/mol. The summed E-state index contributed by atoms with van der Waals surface area (Å²) < 4.78 is 13.2. The Morgan fingerprint density at radius 1 is 0.694 bits per heavy atom. The Kier molecular flexibility index (Phi) is 7.61. The van der Waals surface area contributed by atoms with E-state index in [1.165, 1.54) is 16.8 Å². The summed E-state index contributed by atoms with van der Waals surface area (Å²) in [6.07, 6.45) is 3.65. The van der Waals surface area contributed by atoms with Crippen molar-refractivity contribution in [1.82, 2.24) is 23.9 Å². The van der Waals surface area contributed by atoms with Crippen molar-refractivity contribution in [2.45, 2.75) is 39.5 Å². The number of benzene rings is 4. The number of ether oxygens (including phenoxy) is 1. The summed E-state index contributed by atoms with van der Waals surface area (Å²) in [7, 11) is 0. The van der Waals surface area contributed by atoms with Crippen LogP contribution >= 0.6 is 0 Å². The van der Waals surface area contributed by atoms with Crippen LogP contribution in [0.25, 0.3) is 61.3 Å². The second-order valence-corrected chi connectivity index (χ2v) is 12.9. The molecule has 0 aliphatic rings. The summed E-state index contributed by atoms with van der Waals surface area (Å²) in [4.78, 5) is 13.1. The molecule has 0 spiro atoms. The zero-order valence-electron chi connectivity index (χ0n) is 27.5. The first kappa shape index (κ1) is 31.0. The van der Waals surface area contributed by atoms with Crippen LogP contribution in [0.5, 0.6) is 11.5 Å². The Hall–Kier alpha value is -5.26. The predicted octanol–water partition coefficient (Wildman–Crippen LogP) is 9.37. The average molecular weight is 821 g/mol. The zero-order chi connectivity index (χ0) is 32.5. The summed E-state index contributed by atoms with van der Waals surface area (Å²) in [5.41, 5.74) is 9.45. The molecule has 0 atom stereocenters. The normalized spacial score (nSPS) is 11.9. The van der Waals surface area contributed by atoms with Crippen LogP contribution < -0.4 is 9.30 Å². The molecule has 4 aromatic carbocycles. The Morgan fingerprint density at radius 3 is 2.16 bits per heavy atom. The molecule has 7 nitrogen and oxygen atoms in total. The monoisotopic (exact) mass is 820 g/mol. The van der Waals surface area contributed by atoms with E-state index in [-0.39, 0.29) is 21.1 Å². The van der Waals surface area contributed by atoms with E-state index in [0.717, 1.165) is 55.6 Å². The van der Waals surface area contributed by atoms with E-state index >= 15 is 0 Å². The van der Waals surface area contributed by atoms with Gasteiger partial charge < -0.3 is 9.30 Å². The number of para-hydroxylation sites is 2. The van der Waals surface area contributed by atoms with Crippen molar-refractivity contribution in [1.29, 1.82) is 0 Å². The molecule has 1 N–H and O–H groups in total. The van der Waals surface area contributed by atoms with Crippen molar-refractivity contribution in [2.75, 3.05) is 0 Å². The molecule has 0 aliphatic carbocycles. The second kappa shape index (κ2) is 12.0. The summed E-state index contributed by atoms with van der Waals surface area (Å²) in [6.45, 7) is 9.02. The van der Waals surface area contributed by atoms with Gasteiger partial charge in [0.15, 0.2) is 5.52 Å². The Bertz CT molecular complexity index is 2640. The molecule has 0 fully saturated rings. The first-order valence-corrected chi connectivity index (χ1v) is 16.4. The van der Waals surface area contributed by atoms with Crippen molar-refractivity contribution in [3.05, 3.63) is 133 Å². The van der Waals surface area contributed by atoms with E-state index in [4.69, 9.17) is 9.72 Å². The van der Waals surface area contributed by atoms with Crippen LogP contribution in [0, 0.1) is 12.1 Å². The molecule has 5 aromatic heterocycles. The molecule has 0 unspecified atom stereocenters.